The van der Waals surface area contributed by atoms with Crippen molar-refractivity contribution in [2.75, 3.05) is 19.5 Å². The molecule has 2 atom stereocenters. The Hall–Kier alpha value is -1.46. The lowest BCUT2D eigenvalue weighted by atomic mass is 10.0. The lowest BCUT2D eigenvalue weighted by Crippen LogP contribution is -2.34. The van der Waals surface area contributed by atoms with Crippen molar-refractivity contribution in [3.8, 4) is 11.5 Å². The summed E-state index contributed by atoms with van der Waals surface area (Å²) in [5, 5.41) is 2.89. The van der Waals surface area contributed by atoms with Crippen molar-refractivity contribution >= 4 is 24.0 Å². The molecule has 0 bridgehead atoms. The second-order valence-electron chi connectivity index (χ2n) is 4.76. The Kier molecular flexibility index (Phi) is 6.10. The summed E-state index contributed by atoms with van der Waals surface area (Å²) in [4.78, 5) is 12.1. The molecule has 1 amide bonds. The number of rotatable bonds is 4. The minimum Gasteiger partial charge on any atom is -0.493 e. The quantitative estimate of drug-likeness (QED) is 0.894. The molecule has 0 aliphatic heterocycles. The first-order chi connectivity index (χ1) is 9.15. The number of nitrogens with two attached hydrogens (primary N) is 1. The summed E-state index contributed by atoms with van der Waals surface area (Å²) >= 11 is 0. The van der Waals surface area contributed by atoms with Gasteiger partial charge in [-0.2, -0.15) is 0 Å². The Morgan fingerprint density at radius 1 is 1.25 bits per heavy atom. The minimum atomic E-state index is -0.0897. The zero-order valence-electron chi connectivity index (χ0n) is 11.7. The van der Waals surface area contributed by atoms with Crippen LogP contribution in [0.1, 0.15) is 19.3 Å². The number of hydrogen-bond acceptors (Lipinski definition) is 4. The van der Waals surface area contributed by atoms with Crippen LogP contribution in [0.25, 0.3) is 0 Å². The molecule has 5 nitrogen and oxygen atoms in total. The molecule has 1 aromatic carbocycles. The summed E-state index contributed by atoms with van der Waals surface area (Å²) in [5.74, 6) is 1.12. The number of amides is 1. The van der Waals surface area contributed by atoms with Gasteiger partial charge < -0.3 is 20.5 Å². The maximum atomic E-state index is 12.1. The lowest BCUT2D eigenvalue weighted by molar-refractivity contribution is -0.120. The van der Waals surface area contributed by atoms with Gasteiger partial charge in [0.25, 0.3) is 0 Å². The fourth-order valence-electron chi connectivity index (χ4n) is 2.46. The number of nitrogens with one attached hydrogen (secondary N) is 1. The molecule has 0 heterocycles. The van der Waals surface area contributed by atoms with Crippen LogP contribution >= 0.6 is 12.4 Å². The topological polar surface area (TPSA) is 73.6 Å². The van der Waals surface area contributed by atoms with Crippen LogP contribution in [0.2, 0.25) is 0 Å². The fraction of sp³-hybridized carbons (Fsp3) is 0.500. The van der Waals surface area contributed by atoms with E-state index < -0.39 is 0 Å². The van der Waals surface area contributed by atoms with Crippen molar-refractivity contribution in [2.45, 2.75) is 25.3 Å². The first kappa shape index (κ1) is 16.6. The number of carbonyl (C=O) groups is 1. The third-order valence-corrected chi connectivity index (χ3v) is 3.56. The van der Waals surface area contributed by atoms with Gasteiger partial charge in [0.05, 0.1) is 20.1 Å². The highest BCUT2D eigenvalue weighted by Gasteiger charge is 2.30. The van der Waals surface area contributed by atoms with E-state index in [9.17, 15) is 4.79 Å². The minimum absolute atomic E-state index is 0. The van der Waals surface area contributed by atoms with Gasteiger partial charge in [-0.25, -0.2) is 0 Å². The van der Waals surface area contributed by atoms with Gasteiger partial charge in [0.1, 0.15) is 0 Å². The molecule has 0 aromatic heterocycles. The predicted molar refractivity (Wildman–Crippen MR) is 80.7 cm³/mol. The summed E-state index contributed by atoms with van der Waals surface area (Å²) in [7, 11) is 3.14. The Balaban J connectivity index is 0.00000200. The molecule has 0 radical (unpaired) electrons. The number of carbonyl (C=O) groups excluding carboxylic acids is 1. The molecule has 2 rings (SSSR count). The molecule has 1 fully saturated rings. The van der Waals surface area contributed by atoms with Gasteiger partial charge in [-0.1, -0.05) is 6.42 Å². The summed E-state index contributed by atoms with van der Waals surface area (Å²) in [6.07, 6.45) is 2.80. The molecule has 1 saturated carbocycles. The highest BCUT2D eigenvalue weighted by atomic mass is 35.5. The Bertz CT molecular complexity index is 468. The van der Waals surface area contributed by atoms with Crippen molar-refractivity contribution in [3.63, 3.8) is 0 Å². The van der Waals surface area contributed by atoms with Crippen LogP contribution in [0.5, 0.6) is 11.5 Å². The number of benzene rings is 1. The molecule has 0 saturated heterocycles. The molecule has 3 N–H and O–H groups in total. The highest BCUT2D eigenvalue weighted by molar-refractivity contribution is 5.93. The van der Waals surface area contributed by atoms with E-state index in [1.807, 2.05) is 0 Å². The van der Waals surface area contributed by atoms with Gasteiger partial charge in [0.2, 0.25) is 5.91 Å². The van der Waals surface area contributed by atoms with E-state index in [-0.39, 0.29) is 30.3 Å². The summed E-state index contributed by atoms with van der Waals surface area (Å²) in [6.45, 7) is 0. The third-order valence-electron chi connectivity index (χ3n) is 3.56. The van der Waals surface area contributed by atoms with Gasteiger partial charge in [0, 0.05) is 17.8 Å². The zero-order valence-corrected chi connectivity index (χ0v) is 12.5. The highest BCUT2D eigenvalue weighted by Crippen LogP contribution is 2.31. The van der Waals surface area contributed by atoms with Crippen LogP contribution < -0.4 is 20.5 Å². The molecule has 112 valence electrons. The number of halogens is 1. The first-order valence-electron chi connectivity index (χ1n) is 6.44. The van der Waals surface area contributed by atoms with Crippen LogP contribution in [-0.4, -0.2) is 26.2 Å². The van der Waals surface area contributed by atoms with Crippen LogP contribution in [0.15, 0.2) is 18.2 Å². The molecule has 0 spiro atoms. The van der Waals surface area contributed by atoms with E-state index in [4.69, 9.17) is 15.2 Å². The first-order valence-corrected chi connectivity index (χ1v) is 6.44. The summed E-state index contributed by atoms with van der Waals surface area (Å²) in [5.41, 5.74) is 6.63. The van der Waals surface area contributed by atoms with Crippen molar-refractivity contribution in [3.05, 3.63) is 18.2 Å². The van der Waals surface area contributed by atoms with Crippen molar-refractivity contribution in [1.29, 1.82) is 0 Å². The largest absolute Gasteiger partial charge is 0.493 e. The van der Waals surface area contributed by atoms with Gasteiger partial charge in [-0.15, -0.1) is 12.4 Å². The average molecular weight is 301 g/mol. The van der Waals surface area contributed by atoms with Crippen LogP contribution in [0.4, 0.5) is 5.69 Å². The third kappa shape index (κ3) is 3.55. The second kappa shape index (κ2) is 7.36. The lowest BCUT2D eigenvalue weighted by Gasteiger charge is -2.16. The Morgan fingerprint density at radius 2 is 1.95 bits per heavy atom. The SMILES string of the molecule is COc1ccc(NC(=O)C2CCCC2N)cc1OC.Cl. The van der Waals surface area contributed by atoms with E-state index in [0.717, 1.165) is 19.3 Å². The van der Waals surface area contributed by atoms with E-state index in [1.54, 1.807) is 32.4 Å². The molecular weight excluding hydrogens is 280 g/mol. The van der Waals surface area contributed by atoms with Crippen molar-refractivity contribution in [1.82, 2.24) is 0 Å². The van der Waals surface area contributed by atoms with Gasteiger partial charge in [0.15, 0.2) is 11.5 Å². The van der Waals surface area contributed by atoms with Gasteiger partial charge >= 0.3 is 0 Å². The molecule has 20 heavy (non-hydrogen) atoms. The number of anilines is 1. The number of methoxy groups -OCH3 is 2. The maximum Gasteiger partial charge on any atom is 0.229 e. The maximum absolute atomic E-state index is 12.1. The van der Waals surface area contributed by atoms with Gasteiger partial charge in [-0.3, -0.25) is 4.79 Å². The van der Waals surface area contributed by atoms with Crippen LogP contribution in [0.3, 0.4) is 0 Å². The van der Waals surface area contributed by atoms with Gasteiger partial charge in [-0.05, 0) is 25.0 Å². The molecule has 6 heteroatoms. The van der Waals surface area contributed by atoms with Crippen molar-refractivity contribution in [2.24, 2.45) is 11.7 Å². The van der Waals surface area contributed by atoms with Crippen LogP contribution in [0, 0.1) is 5.92 Å². The standard InChI is InChI=1S/C14H20N2O3.ClH/c1-18-12-7-6-9(8-13(12)19-2)16-14(17)10-4-3-5-11(10)15;/h6-8,10-11H,3-5,15H2,1-2H3,(H,16,17);1H. The molecule has 1 aliphatic rings. The fourth-order valence-corrected chi connectivity index (χ4v) is 2.46. The normalized spacial score (nSPS) is 20.9. The zero-order chi connectivity index (χ0) is 13.8. The monoisotopic (exact) mass is 300 g/mol. The van der Waals surface area contributed by atoms with E-state index in [0.29, 0.717) is 17.2 Å². The van der Waals surface area contributed by atoms with E-state index in [1.165, 1.54) is 0 Å². The van der Waals surface area contributed by atoms with Crippen molar-refractivity contribution < 1.29 is 14.3 Å². The molecule has 2 unspecified atom stereocenters. The summed E-state index contributed by atoms with van der Waals surface area (Å²) in [6, 6.07) is 5.28. The predicted octanol–water partition coefficient (Wildman–Crippen LogP) is 2.19. The Morgan fingerprint density at radius 3 is 2.50 bits per heavy atom. The second-order valence-corrected chi connectivity index (χ2v) is 4.76. The molecule has 1 aliphatic carbocycles. The Labute approximate surface area is 125 Å². The molecule has 1 aromatic rings. The summed E-state index contributed by atoms with van der Waals surface area (Å²) < 4.78 is 10.4. The van der Waals surface area contributed by atoms with E-state index >= 15 is 0 Å². The van der Waals surface area contributed by atoms with E-state index in [2.05, 4.69) is 5.32 Å². The molecular formula is C14H21ClN2O3. The smallest absolute Gasteiger partial charge is 0.229 e. The average Bonchev–Trinajstić information content (AvgIpc) is 2.85. The number of ether oxygens (including phenoxy) is 2. The van der Waals surface area contributed by atoms with Crippen LogP contribution in [-0.2, 0) is 4.79 Å². The number of hydrogen-bond donors (Lipinski definition) is 2.